The van der Waals surface area contributed by atoms with E-state index in [2.05, 4.69) is 43.0 Å². The first-order valence-corrected chi connectivity index (χ1v) is 13.1. The number of aliphatic hydroxyl groups is 2. The highest BCUT2D eigenvalue weighted by atomic mass is 16.4. The lowest BCUT2D eigenvalue weighted by Gasteiger charge is -2.35. The molecule has 2 aromatic heterocycles. The number of piperazine rings is 1. The Labute approximate surface area is 242 Å². The van der Waals surface area contributed by atoms with Crippen molar-refractivity contribution in [1.82, 2.24) is 19.9 Å². The quantitative estimate of drug-likeness (QED) is 0.213. The number of aromatic nitrogens is 3. The number of aryl methyl sites for hydroxylation is 1. The number of amides is 1. The topological polar surface area (TPSA) is 207 Å². The third-order valence-electron chi connectivity index (χ3n) is 6.34. The second-order valence-corrected chi connectivity index (χ2v) is 9.79. The molecule has 1 aliphatic rings. The lowest BCUT2D eigenvalue weighted by molar-refractivity contribution is -0.165. The molecule has 0 spiro atoms. The molecule has 14 nitrogen and oxygen atoms in total. The van der Waals surface area contributed by atoms with Crippen molar-refractivity contribution < 1.29 is 34.8 Å². The predicted octanol–water partition coefficient (Wildman–Crippen LogP) is -0.0319. The van der Waals surface area contributed by atoms with Crippen molar-refractivity contribution in [3.05, 3.63) is 66.1 Å². The molecule has 2 atom stereocenters. The Kier molecular flexibility index (Phi) is 11.2. The van der Waals surface area contributed by atoms with Gasteiger partial charge in [0.2, 0.25) is 11.9 Å². The number of aliphatic carboxylic acids is 2. The maximum atomic E-state index is 11.1. The standard InChI is InChI=1S/C24H29N7O.C4H6O6/c1-18-5-3-8-23(28-18)30-9-11-31(12-10-30)24-26-14-21(15-27-24)20-7-4-6-19(13-20)16-29(2)17-22(25)32;5-1(3(7)8)2(6)4(9)10/h3-8,13-15H,9-12,16-17H2,1-2H3,(H2,25,32);1-2,5-6H,(H,7,8)(H,9,10). The van der Waals surface area contributed by atoms with E-state index in [1.807, 2.05) is 55.5 Å². The fourth-order valence-electron chi connectivity index (χ4n) is 4.23. The first-order valence-electron chi connectivity index (χ1n) is 13.1. The van der Waals surface area contributed by atoms with Crippen LogP contribution in [0.25, 0.3) is 11.1 Å². The van der Waals surface area contributed by atoms with Crippen LogP contribution in [0, 0.1) is 6.92 Å². The SMILES string of the molecule is Cc1cccc(N2CCN(c3ncc(-c4cccc(CN(C)CC(N)=O)c4)cn3)CC2)n1.O=C(O)C(O)C(O)C(=O)O. The molecule has 4 rings (SSSR count). The summed E-state index contributed by atoms with van der Waals surface area (Å²) >= 11 is 0. The molecule has 3 heterocycles. The van der Waals surface area contributed by atoms with Crippen molar-refractivity contribution >= 4 is 29.6 Å². The molecule has 0 saturated carbocycles. The summed E-state index contributed by atoms with van der Waals surface area (Å²) < 4.78 is 0. The number of carboxylic acids is 2. The highest BCUT2D eigenvalue weighted by molar-refractivity contribution is 5.83. The Bertz CT molecular complexity index is 1350. The van der Waals surface area contributed by atoms with Crippen LogP contribution in [0.3, 0.4) is 0 Å². The molecule has 2 unspecified atom stereocenters. The number of pyridine rings is 1. The zero-order valence-electron chi connectivity index (χ0n) is 23.4. The second kappa shape index (κ2) is 14.8. The van der Waals surface area contributed by atoms with E-state index in [0.717, 1.165) is 60.3 Å². The predicted molar refractivity (Wildman–Crippen MR) is 154 cm³/mol. The third-order valence-corrected chi connectivity index (χ3v) is 6.34. The van der Waals surface area contributed by atoms with Crippen LogP contribution in [0.5, 0.6) is 0 Å². The first-order chi connectivity index (χ1) is 19.9. The number of hydrogen-bond acceptors (Lipinski definition) is 11. The number of carbonyl (C=O) groups excluding carboxylic acids is 1. The van der Waals surface area contributed by atoms with E-state index in [1.165, 1.54) is 0 Å². The summed E-state index contributed by atoms with van der Waals surface area (Å²) in [6.45, 7) is 6.40. The lowest BCUT2D eigenvalue weighted by Crippen LogP contribution is -2.47. The molecule has 1 amide bonds. The fraction of sp³-hybridized carbons (Fsp3) is 0.357. The molecular weight excluding hydrogens is 546 g/mol. The van der Waals surface area contributed by atoms with Gasteiger partial charge in [-0.25, -0.2) is 24.5 Å². The van der Waals surface area contributed by atoms with Gasteiger partial charge < -0.3 is 36.0 Å². The smallest absolute Gasteiger partial charge is 0.335 e. The number of rotatable bonds is 10. The number of nitrogens with two attached hydrogens (primary N) is 1. The van der Waals surface area contributed by atoms with Crippen molar-refractivity contribution in [2.45, 2.75) is 25.7 Å². The van der Waals surface area contributed by atoms with Gasteiger partial charge in [0.1, 0.15) is 5.82 Å². The molecule has 0 bridgehead atoms. The van der Waals surface area contributed by atoms with Gasteiger partial charge in [0.25, 0.3) is 0 Å². The molecule has 42 heavy (non-hydrogen) atoms. The van der Waals surface area contributed by atoms with E-state index in [-0.39, 0.29) is 12.5 Å². The van der Waals surface area contributed by atoms with Crippen LogP contribution in [-0.2, 0) is 20.9 Å². The van der Waals surface area contributed by atoms with Crippen LogP contribution >= 0.6 is 0 Å². The minimum absolute atomic E-state index is 0.231. The van der Waals surface area contributed by atoms with Crippen LogP contribution in [0.15, 0.2) is 54.9 Å². The highest BCUT2D eigenvalue weighted by Crippen LogP contribution is 2.22. The molecule has 224 valence electrons. The third kappa shape index (κ3) is 9.19. The Morgan fingerprint density at radius 2 is 1.48 bits per heavy atom. The van der Waals surface area contributed by atoms with Crippen molar-refractivity contribution in [2.75, 3.05) is 49.6 Å². The van der Waals surface area contributed by atoms with Crippen molar-refractivity contribution in [3.63, 3.8) is 0 Å². The summed E-state index contributed by atoms with van der Waals surface area (Å²) in [5.41, 5.74) is 9.44. The van der Waals surface area contributed by atoms with E-state index in [4.69, 9.17) is 26.2 Å². The van der Waals surface area contributed by atoms with Crippen LogP contribution in [0.1, 0.15) is 11.3 Å². The monoisotopic (exact) mass is 581 g/mol. The van der Waals surface area contributed by atoms with Gasteiger partial charge in [-0.2, -0.15) is 0 Å². The van der Waals surface area contributed by atoms with Crippen LogP contribution < -0.4 is 15.5 Å². The average molecular weight is 582 g/mol. The Hall–Kier alpha value is -4.66. The molecule has 1 aliphatic heterocycles. The van der Waals surface area contributed by atoms with Gasteiger partial charge in [0.05, 0.1) is 6.54 Å². The highest BCUT2D eigenvalue weighted by Gasteiger charge is 2.29. The van der Waals surface area contributed by atoms with Gasteiger partial charge in [-0.3, -0.25) is 9.69 Å². The van der Waals surface area contributed by atoms with Crippen molar-refractivity contribution in [3.8, 4) is 11.1 Å². The summed E-state index contributed by atoms with van der Waals surface area (Å²) in [7, 11) is 1.88. The van der Waals surface area contributed by atoms with E-state index >= 15 is 0 Å². The van der Waals surface area contributed by atoms with E-state index in [9.17, 15) is 14.4 Å². The van der Waals surface area contributed by atoms with Crippen LogP contribution in [-0.4, -0.2) is 110 Å². The minimum atomic E-state index is -2.27. The number of aliphatic hydroxyl groups excluding tert-OH is 2. The number of benzene rings is 1. The summed E-state index contributed by atoms with van der Waals surface area (Å²) in [6.07, 6.45) is -0.776. The number of carboxylic acid groups (broad SMARTS) is 2. The Morgan fingerprint density at radius 1 is 0.905 bits per heavy atom. The number of likely N-dealkylation sites (N-methyl/N-ethyl adjacent to an activating group) is 1. The maximum absolute atomic E-state index is 11.1. The van der Waals surface area contributed by atoms with Crippen LogP contribution in [0.4, 0.5) is 11.8 Å². The zero-order chi connectivity index (χ0) is 30.8. The number of anilines is 2. The van der Waals surface area contributed by atoms with Gasteiger partial charge in [-0.15, -0.1) is 0 Å². The second-order valence-electron chi connectivity index (χ2n) is 9.79. The molecule has 3 aromatic rings. The first kappa shape index (κ1) is 31.9. The van der Waals surface area contributed by atoms with Gasteiger partial charge in [-0.05, 0) is 43.3 Å². The summed E-state index contributed by atoms with van der Waals surface area (Å²) in [4.78, 5) is 51.0. The van der Waals surface area contributed by atoms with Gasteiger partial charge in [0.15, 0.2) is 12.2 Å². The van der Waals surface area contributed by atoms with Crippen molar-refractivity contribution in [1.29, 1.82) is 0 Å². The van der Waals surface area contributed by atoms with Gasteiger partial charge in [-0.1, -0.05) is 24.3 Å². The van der Waals surface area contributed by atoms with Gasteiger partial charge in [0, 0.05) is 56.4 Å². The Morgan fingerprint density at radius 3 is 2.02 bits per heavy atom. The van der Waals surface area contributed by atoms with E-state index in [1.54, 1.807) is 0 Å². The number of hydrogen-bond donors (Lipinski definition) is 5. The molecule has 14 heteroatoms. The summed E-state index contributed by atoms with van der Waals surface area (Å²) in [5, 5.41) is 32.5. The largest absolute Gasteiger partial charge is 0.479 e. The average Bonchev–Trinajstić information content (AvgIpc) is 2.96. The minimum Gasteiger partial charge on any atom is -0.479 e. The molecular formula is C28H35N7O7. The molecule has 0 radical (unpaired) electrons. The van der Waals surface area contributed by atoms with Gasteiger partial charge >= 0.3 is 11.9 Å². The molecule has 0 aliphatic carbocycles. The summed E-state index contributed by atoms with van der Waals surface area (Å²) in [5.74, 6) is -2.08. The lowest BCUT2D eigenvalue weighted by atomic mass is 10.1. The molecule has 1 aromatic carbocycles. The number of carbonyl (C=O) groups is 3. The van der Waals surface area contributed by atoms with Crippen LogP contribution in [0.2, 0.25) is 0 Å². The summed E-state index contributed by atoms with van der Waals surface area (Å²) in [6, 6.07) is 14.3. The number of nitrogens with zero attached hydrogens (tertiary/aromatic N) is 6. The zero-order valence-corrected chi connectivity index (χ0v) is 23.4. The normalized spacial score (nSPS) is 14.5. The molecule has 1 saturated heterocycles. The molecule has 1 fully saturated rings. The van der Waals surface area contributed by atoms with E-state index < -0.39 is 24.1 Å². The van der Waals surface area contributed by atoms with Crippen molar-refractivity contribution in [2.24, 2.45) is 5.73 Å². The fourth-order valence-corrected chi connectivity index (χ4v) is 4.23. The Balaban J connectivity index is 0.000000416. The maximum Gasteiger partial charge on any atom is 0.335 e. The van der Waals surface area contributed by atoms with E-state index in [0.29, 0.717) is 6.54 Å². The molecule has 6 N–H and O–H groups in total. The number of primary amides is 1.